The Morgan fingerprint density at radius 1 is 1.08 bits per heavy atom. The van der Waals surface area contributed by atoms with E-state index in [0.29, 0.717) is 5.78 Å². The zero-order valence-electron chi connectivity index (χ0n) is 8.73. The third-order valence-corrected chi connectivity index (χ3v) is 2.17. The van der Waals surface area contributed by atoms with Gasteiger partial charge < -0.3 is 0 Å². The minimum atomic E-state index is 0.233. The molecule has 0 aromatic carbocycles. The summed E-state index contributed by atoms with van der Waals surface area (Å²) >= 11 is 0. The molecule has 0 aromatic rings. The molecule has 0 bridgehead atoms. The van der Waals surface area contributed by atoms with Crippen molar-refractivity contribution >= 4 is 5.78 Å². The number of ketones is 1. The third kappa shape index (κ3) is 6.38. The normalized spacial score (nSPS) is 10.7. The second-order valence-corrected chi connectivity index (χ2v) is 3.79. The molecule has 0 fully saturated rings. The van der Waals surface area contributed by atoms with Gasteiger partial charge in [-0.1, -0.05) is 46.5 Å². The fraction of sp³-hybridized carbons (Fsp3) is 0.909. The maximum atomic E-state index is 11.2. The van der Waals surface area contributed by atoms with Gasteiger partial charge in [0.2, 0.25) is 0 Å². The molecule has 0 unspecified atom stereocenters. The molecule has 72 valence electrons. The number of hydrogen-bond acceptors (Lipinski definition) is 1. The van der Waals surface area contributed by atoms with E-state index < -0.39 is 0 Å². The van der Waals surface area contributed by atoms with Crippen LogP contribution in [0.3, 0.4) is 0 Å². The predicted octanol–water partition coefficient (Wildman–Crippen LogP) is 3.57. The molecular formula is C11H22O. The highest BCUT2D eigenvalue weighted by atomic mass is 16.1. The van der Waals surface area contributed by atoms with Gasteiger partial charge in [-0.2, -0.15) is 0 Å². The van der Waals surface area contributed by atoms with Crippen molar-refractivity contribution in [1.82, 2.24) is 0 Å². The van der Waals surface area contributed by atoms with Crippen molar-refractivity contribution in [2.45, 2.75) is 59.3 Å². The quantitative estimate of drug-likeness (QED) is 0.534. The first kappa shape index (κ1) is 11.7. The summed E-state index contributed by atoms with van der Waals surface area (Å²) < 4.78 is 0. The van der Waals surface area contributed by atoms with Gasteiger partial charge in [-0.05, 0) is 6.42 Å². The molecule has 0 N–H and O–H groups in total. The molecule has 0 aliphatic rings. The summed E-state index contributed by atoms with van der Waals surface area (Å²) in [7, 11) is 0. The second kappa shape index (κ2) is 7.33. The van der Waals surface area contributed by atoms with Gasteiger partial charge >= 0.3 is 0 Å². The lowest BCUT2D eigenvalue weighted by Crippen LogP contribution is -2.05. The van der Waals surface area contributed by atoms with Crippen LogP contribution in [0, 0.1) is 5.92 Å². The molecule has 0 amide bonds. The number of carbonyl (C=O) groups excluding carboxylic acids is 1. The van der Waals surface area contributed by atoms with E-state index in [1.54, 1.807) is 0 Å². The maximum Gasteiger partial charge on any atom is 0.135 e. The Labute approximate surface area is 76.6 Å². The smallest absolute Gasteiger partial charge is 0.135 e. The van der Waals surface area contributed by atoms with Crippen molar-refractivity contribution in [2.75, 3.05) is 0 Å². The van der Waals surface area contributed by atoms with Crippen LogP contribution < -0.4 is 0 Å². The van der Waals surface area contributed by atoms with Crippen LogP contribution in [0.2, 0.25) is 0 Å². The summed E-state index contributed by atoms with van der Waals surface area (Å²) in [6.45, 7) is 6.17. The van der Waals surface area contributed by atoms with E-state index in [9.17, 15) is 4.79 Å². The maximum absolute atomic E-state index is 11.2. The summed E-state index contributed by atoms with van der Waals surface area (Å²) in [4.78, 5) is 11.2. The Hall–Kier alpha value is -0.330. The van der Waals surface area contributed by atoms with Gasteiger partial charge in [0, 0.05) is 12.3 Å². The van der Waals surface area contributed by atoms with Crippen LogP contribution in [0.1, 0.15) is 59.3 Å². The molecular weight excluding hydrogens is 148 g/mol. The predicted molar refractivity (Wildman–Crippen MR) is 53.2 cm³/mol. The molecule has 0 saturated heterocycles. The lowest BCUT2D eigenvalue weighted by Gasteiger charge is -2.02. The Bertz CT molecular complexity index is 116. The van der Waals surface area contributed by atoms with Crippen LogP contribution in [0.15, 0.2) is 0 Å². The molecule has 1 nitrogen and oxygen atoms in total. The molecule has 0 aromatic heterocycles. The van der Waals surface area contributed by atoms with Crippen molar-refractivity contribution in [1.29, 1.82) is 0 Å². The standard InChI is InChI=1S/C11H22O/c1-4-5-6-7-8-9-11(12)10(2)3/h10H,4-9H2,1-3H3. The Kier molecular flexibility index (Phi) is 7.12. The molecule has 0 aliphatic carbocycles. The van der Waals surface area contributed by atoms with Crippen LogP contribution in [0.25, 0.3) is 0 Å². The van der Waals surface area contributed by atoms with Gasteiger partial charge in [0.15, 0.2) is 0 Å². The molecule has 0 saturated carbocycles. The summed E-state index contributed by atoms with van der Waals surface area (Å²) in [6, 6.07) is 0. The highest BCUT2D eigenvalue weighted by Gasteiger charge is 2.05. The van der Waals surface area contributed by atoms with Gasteiger partial charge in [-0.15, -0.1) is 0 Å². The number of carbonyl (C=O) groups is 1. The fourth-order valence-electron chi connectivity index (χ4n) is 1.19. The minimum Gasteiger partial charge on any atom is -0.299 e. The van der Waals surface area contributed by atoms with E-state index >= 15 is 0 Å². The summed E-state index contributed by atoms with van der Waals surface area (Å²) in [6.07, 6.45) is 7.00. The average molecular weight is 170 g/mol. The molecule has 0 radical (unpaired) electrons. The van der Waals surface area contributed by atoms with Crippen LogP contribution in [0.4, 0.5) is 0 Å². The second-order valence-electron chi connectivity index (χ2n) is 3.79. The average Bonchev–Trinajstić information content (AvgIpc) is 2.03. The zero-order chi connectivity index (χ0) is 9.40. The van der Waals surface area contributed by atoms with Crippen molar-refractivity contribution < 1.29 is 4.79 Å². The van der Waals surface area contributed by atoms with Crippen LogP contribution in [-0.4, -0.2) is 5.78 Å². The van der Waals surface area contributed by atoms with Crippen molar-refractivity contribution in [3.63, 3.8) is 0 Å². The van der Waals surface area contributed by atoms with E-state index in [-0.39, 0.29) is 5.92 Å². The topological polar surface area (TPSA) is 17.1 Å². The highest BCUT2D eigenvalue weighted by Crippen LogP contribution is 2.08. The molecule has 12 heavy (non-hydrogen) atoms. The SMILES string of the molecule is CCCCCCCC(=O)C(C)C. The first-order chi connectivity index (χ1) is 5.68. The van der Waals surface area contributed by atoms with E-state index in [4.69, 9.17) is 0 Å². The molecule has 0 atom stereocenters. The van der Waals surface area contributed by atoms with Crippen molar-refractivity contribution in [3.05, 3.63) is 0 Å². The van der Waals surface area contributed by atoms with Gasteiger partial charge in [0.1, 0.15) is 5.78 Å². The van der Waals surface area contributed by atoms with Crippen LogP contribution in [-0.2, 0) is 4.79 Å². The fourth-order valence-corrected chi connectivity index (χ4v) is 1.19. The number of Topliss-reactive ketones (excluding diaryl/α,β-unsaturated/α-hetero) is 1. The number of rotatable bonds is 7. The van der Waals surface area contributed by atoms with Crippen LogP contribution >= 0.6 is 0 Å². The van der Waals surface area contributed by atoms with Crippen molar-refractivity contribution in [2.24, 2.45) is 5.92 Å². The van der Waals surface area contributed by atoms with E-state index in [1.807, 2.05) is 13.8 Å². The van der Waals surface area contributed by atoms with Crippen LogP contribution in [0.5, 0.6) is 0 Å². The molecule has 0 aliphatic heterocycles. The zero-order valence-corrected chi connectivity index (χ0v) is 8.73. The molecule has 0 rings (SSSR count). The first-order valence-corrected chi connectivity index (χ1v) is 5.21. The summed E-state index contributed by atoms with van der Waals surface area (Å²) in [5.74, 6) is 0.655. The highest BCUT2D eigenvalue weighted by molar-refractivity contribution is 5.80. The summed E-state index contributed by atoms with van der Waals surface area (Å²) in [5, 5.41) is 0. The molecule has 0 spiro atoms. The Morgan fingerprint density at radius 3 is 2.17 bits per heavy atom. The number of unbranched alkanes of at least 4 members (excludes halogenated alkanes) is 4. The minimum absolute atomic E-state index is 0.233. The van der Waals surface area contributed by atoms with Gasteiger partial charge in [-0.25, -0.2) is 0 Å². The van der Waals surface area contributed by atoms with Gasteiger partial charge in [-0.3, -0.25) is 4.79 Å². The lowest BCUT2D eigenvalue weighted by atomic mass is 10.0. The van der Waals surface area contributed by atoms with E-state index in [0.717, 1.165) is 12.8 Å². The molecule has 0 heterocycles. The largest absolute Gasteiger partial charge is 0.299 e. The Morgan fingerprint density at radius 2 is 1.67 bits per heavy atom. The van der Waals surface area contributed by atoms with Gasteiger partial charge in [0.25, 0.3) is 0 Å². The third-order valence-electron chi connectivity index (χ3n) is 2.17. The van der Waals surface area contributed by atoms with Gasteiger partial charge in [0.05, 0.1) is 0 Å². The summed E-state index contributed by atoms with van der Waals surface area (Å²) in [5.41, 5.74) is 0. The first-order valence-electron chi connectivity index (χ1n) is 5.21. The Balaban J connectivity index is 3.14. The van der Waals surface area contributed by atoms with Crippen molar-refractivity contribution in [3.8, 4) is 0 Å². The monoisotopic (exact) mass is 170 g/mol. The lowest BCUT2D eigenvalue weighted by molar-refractivity contribution is -0.122. The number of hydrogen-bond donors (Lipinski definition) is 0. The molecule has 1 heteroatoms. The van der Waals surface area contributed by atoms with E-state index in [2.05, 4.69) is 6.92 Å². The van der Waals surface area contributed by atoms with E-state index in [1.165, 1.54) is 25.7 Å².